The monoisotopic (exact) mass is 491 g/mol. The van der Waals surface area contributed by atoms with Gasteiger partial charge in [-0.15, -0.1) is 11.3 Å². The Morgan fingerprint density at radius 2 is 1.94 bits per heavy atom. The number of thiophene rings is 1. The molecule has 4 rings (SSSR count). The van der Waals surface area contributed by atoms with Crippen LogP contribution < -0.4 is 5.32 Å². The molecule has 2 aliphatic rings. The average Bonchev–Trinajstić information content (AvgIpc) is 3.42. The number of carbonyl (C=O) groups is 3. The molecule has 0 saturated carbocycles. The largest absolute Gasteiger partial charge is 0.480 e. The van der Waals surface area contributed by atoms with Gasteiger partial charge < -0.3 is 5.11 Å². The SMILES string of the molecule is CCCCN1C(=O)C2C(c3ccc(Cl)s3)NC(Cc3ccc([N+](=O)[O-])cc3)(C(=O)O)C2C1=O. The second-order valence-electron chi connectivity index (χ2n) is 8.33. The molecule has 2 fully saturated rings. The van der Waals surface area contributed by atoms with E-state index in [0.717, 1.165) is 6.42 Å². The number of unbranched alkanes of at least 4 members (excludes halogenated alkanes) is 1. The molecule has 2 amide bonds. The minimum Gasteiger partial charge on any atom is -0.480 e. The highest BCUT2D eigenvalue weighted by Gasteiger charge is 2.68. The maximum Gasteiger partial charge on any atom is 0.325 e. The fourth-order valence-corrected chi connectivity index (χ4v) is 5.99. The summed E-state index contributed by atoms with van der Waals surface area (Å²) in [6.07, 6.45) is 1.29. The zero-order valence-electron chi connectivity index (χ0n) is 17.7. The first-order valence-corrected chi connectivity index (χ1v) is 11.7. The number of aliphatic carboxylic acids is 1. The molecule has 9 nitrogen and oxygen atoms in total. The molecule has 4 atom stereocenters. The first kappa shape index (κ1) is 23.3. The third-order valence-corrected chi connectivity index (χ3v) is 7.71. The van der Waals surface area contributed by atoms with E-state index in [1.807, 2.05) is 6.92 Å². The van der Waals surface area contributed by atoms with E-state index < -0.39 is 40.2 Å². The van der Waals surface area contributed by atoms with Crippen molar-refractivity contribution in [3.8, 4) is 0 Å². The summed E-state index contributed by atoms with van der Waals surface area (Å²) in [5.74, 6) is -4.12. The van der Waals surface area contributed by atoms with Gasteiger partial charge in [-0.3, -0.25) is 34.7 Å². The molecule has 1 aromatic heterocycles. The third-order valence-electron chi connectivity index (χ3n) is 6.39. The summed E-state index contributed by atoms with van der Waals surface area (Å²) >= 11 is 7.34. The lowest BCUT2D eigenvalue weighted by Crippen LogP contribution is -2.57. The fourth-order valence-electron chi connectivity index (χ4n) is 4.83. The van der Waals surface area contributed by atoms with Crippen molar-refractivity contribution in [1.82, 2.24) is 10.2 Å². The van der Waals surface area contributed by atoms with Gasteiger partial charge in [-0.1, -0.05) is 37.1 Å². The highest BCUT2D eigenvalue weighted by molar-refractivity contribution is 7.16. The number of non-ortho nitro benzene ring substituents is 1. The smallest absolute Gasteiger partial charge is 0.325 e. The van der Waals surface area contributed by atoms with E-state index in [4.69, 9.17) is 11.6 Å². The van der Waals surface area contributed by atoms with E-state index in [1.165, 1.54) is 40.5 Å². The number of hydrogen-bond acceptors (Lipinski definition) is 7. The van der Waals surface area contributed by atoms with E-state index in [9.17, 15) is 29.6 Å². The van der Waals surface area contributed by atoms with Crippen LogP contribution in [0.5, 0.6) is 0 Å². The van der Waals surface area contributed by atoms with Crippen molar-refractivity contribution in [3.05, 3.63) is 61.3 Å². The number of nitro benzene ring substituents is 1. The van der Waals surface area contributed by atoms with Gasteiger partial charge in [0.15, 0.2) is 0 Å². The molecule has 1 aromatic carbocycles. The molecule has 2 aliphatic heterocycles. The first-order valence-electron chi connectivity index (χ1n) is 10.5. The minimum atomic E-state index is -1.75. The normalized spacial score (nSPS) is 26.6. The lowest BCUT2D eigenvalue weighted by atomic mass is 9.76. The summed E-state index contributed by atoms with van der Waals surface area (Å²) < 4.78 is 0.492. The quantitative estimate of drug-likeness (QED) is 0.328. The number of halogens is 1. The van der Waals surface area contributed by atoms with Crippen molar-refractivity contribution < 1.29 is 24.4 Å². The Hall–Kier alpha value is -2.82. The number of fused-ring (bicyclic) bond motifs is 1. The van der Waals surface area contributed by atoms with Gasteiger partial charge in [0.05, 0.1) is 27.1 Å². The summed E-state index contributed by atoms with van der Waals surface area (Å²) in [7, 11) is 0. The number of hydrogen-bond donors (Lipinski definition) is 2. The van der Waals surface area contributed by atoms with E-state index in [-0.39, 0.29) is 24.6 Å². The Morgan fingerprint density at radius 1 is 1.24 bits per heavy atom. The Kier molecular flexibility index (Phi) is 6.26. The second-order valence-corrected chi connectivity index (χ2v) is 10.1. The van der Waals surface area contributed by atoms with Gasteiger partial charge in [-0.2, -0.15) is 0 Å². The standard InChI is InChI=1S/C22H22ClN3O6S/c1-2-3-10-25-19(27)16-17(20(25)28)22(21(29)30,24-18(16)14-8-9-15(23)33-14)11-12-4-6-13(7-5-12)26(31)32/h4-9,16-18,24H,2-3,10-11H2,1H3,(H,29,30). The van der Waals surface area contributed by atoms with Crippen LogP contribution in [0.1, 0.15) is 36.2 Å². The number of carboxylic acid groups (broad SMARTS) is 1. The molecule has 3 heterocycles. The van der Waals surface area contributed by atoms with Gasteiger partial charge in [0.1, 0.15) is 5.54 Å². The van der Waals surface area contributed by atoms with Gasteiger partial charge in [0.2, 0.25) is 11.8 Å². The number of carbonyl (C=O) groups excluding carboxylic acids is 2. The maximum absolute atomic E-state index is 13.4. The summed E-state index contributed by atoms with van der Waals surface area (Å²) in [5, 5.41) is 24.5. The first-order chi connectivity index (χ1) is 15.7. The van der Waals surface area contributed by atoms with Crippen LogP contribution in [0.4, 0.5) is 5.69 Å². The van der Waals surface area contributed by atoms with Crippen LogP contribution >= 0.6 is 22.9 Å². The second kappa shape index (κ2) is 8.85. The van der Waals surface area contributed by atoms with Crippen LogP contribution in [0, 0.1) is 22.0 Å². The van der Waals surface area contributed by atoms with Crippen molar-refractivity contribution >= 4 is 46.4 Å². The van der Waals surface area contributed by atoms with Gasteiger partial charge in [-0.25, -0.2) is 0 Å². The zero-order valence-corrected chi connectivity index (χ0v) is 19.3. The summed E-state index contributed by atoms with van der Waals surface area (Å²) in [5.41, 5.74) is -1.37. The Labute approximate surface area is 198 Å². The number of nitrogens with one attached hydrogen (secondary N) is 1. The number of carboxylic acids is 1. The van der Waals surface area contributed by atoms with Crippen LogP contribution in [0.2, 0.25) is 4.34 Å². The predicted molar refractivity (Wildman–Crippen MR) is 121 cm³/mol. The van der Waals surface area contributed by atoms with E-state index in [1.54, 1.807) is 12.1 Å². The molecule has 4 unspecified atom stereocenters. The van der Waals surface area contributed by atoms with E-state index in [2.05, 4.69) is 5.32 Å². The molecule has 2 aromatic rings. The molecule has 33 heavy (non-hydrogen) atoms. The van der Waals surface area contributed by atoms with Crippen LogP contribution in [0.15, 0.2) is 36.4 Å². The van der Waals surface area contributed by atoms with E-state index in [0.29, 0.717) is 21.2 Å². The van der Waals surface area contributed by atoms with Crippen molar-refractivity contribution in [2.45, 2.75) is 37.8 Å². The number of nitro groups is 1. The Bertz CT molecular complexity index is 1120. The fraction of sp³-hybridized carbons (Fsp3) is 0.409. The summed E-state index contributed by atoms with van der Waals surface area (Å²) in [4.78, 5) is 51.8. The van der Waals surface area contributed by atoms with Gasteiger partial charge in [-0.05, 0) is 24.1 Å². The maximum atomic E-state index is 13.4. The van der Waals surface area contributed by atoms with Crippen LogP contribution in [0.25, 0.3) is 0 Å². The van der Waals surface area contributed by atoms with Gasteiger partial charge in [0, 0.05) is 30.0 Å². The number of benzene rings is 1. The highest BCUT2D eigenvalue weighted by Crippen LogP contribution is 2.51. The Morgan fingerprint density at radius 3 is 2.48 bits per heavy atom. The van der Waals surface area contributed by atoms with Crippen molar-refractivity contribution in [3.63, 3.8) is 0 Å². The molecule has 11 heteroatoms. The number of amides is 2. The molecule has 2 saturated heterocycles. The number of rotatable bonds is 8. The molecule has 2 N–H and O–H groups in total. The molecule has 0 spiro atoms. The molecular weight excluding hydrogens is 470 g/mol. The van der Waals surface area contributed by atoms with Crippen molar-refractivity contribution in [2.24, 2.45) is 11.8 Å². The van der Waals surface area contributed by atoms with Crippen LogP contribution in [-0.2, 0) is 20.8 Å². The molecule has 0 radical (unpaired) electrons. The summed E-state index contributed by atoms with van der Waals surface area (Å²) in [6.45, 7) is 2.19. The molecular formula is C22H22ClN3O6S. The summed E-state index contributed by atoms with van der Waals surface area (Å²) in [6, 6.07) is 8.26. The number of likely N-dealkylation sites (tertiary alicyclic amines) is 1. The number of imide groups is 1. The van der Waals surface area contributed by atoms with E-state index >= 15 is 0 Å². The Balaban J connectivity index is 1.78. The van der Waals surface area contributed by atoms with Gasteiger partial charge in [0.25, 0.3) is 5.69 Å². The van der Waals surface area contributed by atoms with Crippen LogP contribution in [0.3, 0.4) is 0 Å². The molecule has 0 aliphatic carbocycles. The number of nitrogens with zero attached hydrogens (tertiary/aromatic N) is 2. The third kappa shape index (κ3) is 3.92. The zero-order chi connectivity index (χ0) is 23.9. The topological polar surface area (TPSA) is 130 Å². The molecule has 0 bridgehead atoms. The average molecular weight is 492 g/mol. The van der Waals surface area contributed by atoms with Gasteiger partial charge >= 0.3 is 5.97 Å². The highest BCUT2D eigenvalue weighted by atomic mass is 35.5. The molecule has 174 valence electrons. The van der Waals surface area contributed by atoms with Crippen molar-refractivity contribution in [2.75, 3.05) is 6.54 Å². The lowest BCUT2D eigenvalue weighted by molar-refractivity contribution is -0.384. The minimum absolute atomic E-state index is 0.113. The lowest BCUT2D eigenvalue weighted by Gasteiger charge is -2.31. The predicted octanol–water partition coefficient (Wildman–Crippen LogP) is 3.42. The van der Waals surface area contributed by atoms with Crippen LogP contribution in [-0.4, -0.2) is 44.8 Å². The van der Waals surface area contributed by atoms with Crippen molar-refractivity contribution in [1.29, 1.82) is 0 Å².